The van der Waals surface area contributed by atoms with Crippen molar-refractivity contribution in [3.8, 4) is 0 Å². The van der Waals surface area contributed by atoms with Crippen LogP contribution < -0.4 is 0 Å². The Labute approximate surface area is 75.0 Å². The molecule has 1 heterocycles. The summed E-state index contributed by atoms with van der Waals surface area (Å²) in [5, 5.41) is 9.43. The van der Waals surface area contributed by atoms with Gasteiger partial charge in [0.05, 0.1) is 0 Å². The van der Waals surface area contributed by atoms with E-state index in [4.69, 9.17) is 0 Å². The minimum Gasteiger partial charge on any atom is -0.506 e. The summed E-state index contributed by atoms with van der Waals surface area (Å²) in [6.07, 6.45) is 3.57. The average Bonchev–Trinajstić information content (AvgIpc) is 2.19. The van der Waals surface area contributed by atoms with Crippen LogP contribution in [0.1, 0.15) is 17.7 Å². The van der Waals surface area contributed by atoms with Crippen LogP contribution in [0.25, 0.3) is 11.3 Å². The minimum atomic E-state index is 0.134. The lowest BCUT2D eigenvalue weighted by Crippen LogP contribution is -2.01. The van der Waals surface area contributed by atoms with Crippen LogP contribution >= 0.6 is 0 Å². The van der Waals surface area contributed by atoms with Gasteiger partial charge in [0.2, 0.25) is 0 Å². The summed E-state index contributed by atoms with van der Waals surface area (Å²) >= 11 is 0. The van der Waals surface area contributed by atoms with Crippen molar-refractivity contribution in [1.82, 2.24) is 4.98 Å². The van der Waals surface area contributed by atoms with Crippen LogP contribution in [0.3, 0.4) is 0 Å². The van der Waals surface area contributed by atoms with Gasteiger partial charge in [-0.1, -0.05) is 6.07 Å². The zero-order valence-corrected chi connectivity index (χ0v) is 6.82. The number of hydrogen-bond acceptors (Lipinski definition) is 3. The summed E-state index contributed by atoms with van der Waals surface area (Å²) < 4.78 is 0. The molecule has 1 N–H and O–H groups in total. The maximum atomic E-state index is 10.5. The second-order valence-electron chi connectivity index (χ2n) is 2.77. The summed E-state index contributed by atoms with van der Waals surface area (Å²) in [7, 11) is 0. The molecule has 3 nitrogen and oxygen atoms in total. The highest BCUT2D eigenvalue weighted by molar-refractivity contribution is 5.93. The van der Waals surface area contributed by atoms with Crippen LogP contribution in [-0.2, 0) is 4.79 Å². The molecule has 0 atom stereocenters. The highest BCUT2D eigenvalue weighted by Gasteiger charge is 2.16. The molecule has 64 valence electrons. The highest BCUT2D eigenvalue weighted by Crippen LogP contribution is 2.28. The predicted octanol–water partition coefficient (Wildman–Crippen LogP) is 1.60. The molecule has 1 aromatic rings. The van der Waals surface area contributed by atoms with E-state index >= 15 is 0 Å². The van der Waals surface area contributed by atoms with Gasteiger partial charge >= 0.3 is 0 Å². The number of nitrogens with zero attached hydrogens (tertiary/aromatic N) is 1. The normalized spacial score (nSPS) is 14.5. The second kappa shape index (κ2) is 2.88. The van der Waals surface area contributed by atoms with E-state index in [1.807, 2.05) is 5.94 Å². The molecular formula is C10H7NO2. The van der Waals surface area contributed by atoms with E-state index < -0.39 is 0 Å². The van der Waals surface area contributed by atoms with Crippen LogP contribution in [0.2, 0.25) is 0 Å². The molecule has 0 spiro atoms. The number of allylic oxidation sites excluding steroid dienone is 2. The number of aliphatic hydroxyl groups excluding tert-OH is 1. The largest absolute Gasteiger partial charge is 0.506 e. The Hall–Kier alpha value is -1.86. The fourth-order valence-electron chi connectivity index (χ4n) is 1.35. The molecule has 0 fully saturated rings. The monoisotopic (exact) mass is 173 g/mol. The standard InChI is InChI=1S/C10H7NO2/c12-6-7-3-4-9(13)10-8(7)2-1-5-11-10/h1-2,4-5,13H,3H2. The van der Waals surface area contributed by atoms with Crippen molar-refractivity contribution in [2.45, 2.75) is 6.42 Å². The maximum absolute atomic E-state index is 10.5. The lowest BCUT2D eigenvalue weighted by molar-refractivity contribution is 0.505. The fraction of sp³-hybridized carbons (Fsp3) is 0.100. The van der Waals surface area contributed by atoms with Crippen molar-refractivity contribution in [3.63, 3.8) is 0 Å². The molecule has 3 heteroatoms. The molecule has 13 heavy (non-hydrogen) atoms. The fourth-order valence-corrected chi connectivity index (χ4v) is 1.35. The SMILES string of the molecule is O=C=C1CC=C(O)c2ncccc21. The van der Waals surface area contributed by atoms with Crippen LogP contribution in [0.15, 0.2) is 24.4 Å². The molecule has 1 aliphatic carbocycles. The smallest absolute Gasteiger partial charge is 0.138 e. The topological polar surface area (TPSA) is 50.2 Å². The zero-order chi connectivity index (χ0) is 9.26. The number of fused-ring (bicyclic) bond motifs is 1. The lowest BCUT2D eigenvalue weighted by Gasteiger charge is -2.12. The Balaban J connectivity index is 2.70. The first-order valence-corrected chi connectivity index (χ1v) is 3.92. The average molecular weight is 173 g/mol. The number of aliphatic hydroxyl groups is 1. The van der Waals surface area contributed by atoms with Crippen molar-refractivity contribution in [1.29, 1.82) is 0 Å². The molecule has 1 aliphatic rings. The van der Waals surface area contributed by atoms with Gasteiger partial charge < -0.3 is 5.11 Å². The van der Waals surface area contributed by atoms with Crippen molar-refractivity contribution < 1.29 is 9.90 Å². The minimum absolute atomic E-state index is 0.134. The van der Waals surface area contributed by atoms with E-state index in [0.29, 0.717) is 23.3 Å². The van der Waals surface area contributed by atoms with Gasteiger partial charge in [-0.2, -0.15) is 0 Å². The number of hydrogen-bond donors (Lipinski definition) is 1. The number of carbonyl (C=O) groups excluding carboxylic acids is 1. The van der Waals surface area contributed by atoms with Gasteiger partial charge in [-0.25, -0.2) is 4.79 Å². The van der Waals surface area contributed by atoms with E-state index in [2.05, 4.69) is 4.98 Å². The molecule has 0 saturated heterocycles. The third-order valence-corrected chi connectivity index (χ3v) is 2.00. The van der Waals surface area contributed by atoms with Gasteiger partial charge in [0.25, 0.3) is 0 Å². The number of rotatable bonds is 0. The van der Waals surface area contributed by atoms with Gasteiger partial charge in [-0.05, 0) is 12.1 Å². The van der Waals surface area contributed by atoms with E-state index in [-0.39, 0.29) is 5.76 Å². The van der Waals surface area contributed by atoms with E-state index in [9.17, 15) is 9.90 Å². The second-order valence-corrected chi connectivity index (χ2v) is 2.77. The number of pyridine rings is 1. The molecule has 0 aliphatic heterocycles. The Bertz CT molecular complexity index is 428. The van der Waals surface area contributed by atoms with Crippen molar-refractivity contribution in [2.24, 2.45) is 0 Å². The van der Waals surface area contributed by atoms with Gasteiger partial charge in [-0.15, -0.1) is 0 Å². The zero-order valence-electron chi connectivity index (χ0n) is 6.82. The van der Waals surface area contributed by atoms with Crippen molar-refractivity contribution in [2.75, 3.05) is 0 Å². The first kappa shape index (κ1) is 7.77. The molecule has 0 bridgehead atoms. The summed E-state index contributed by atoms with van der Waals surface area (Å²) in [6.45, 7) is 0. The van der Waals surface area contributed by atoms with Crippen LogP contribution in [-0.4, -0.2) is 16.0 Å². The summed E-state index contributed by atoms with van der Waals surface area (Å²) in [5.74, 6) is 1.99. The molecule has 0 radical (unpaired) electrons. The Morgan fingerprint density at radius 1 is 1.54 bits per heavy atom. The third kappa shape index (κ3) is 1.15. The molecular weight excluding hydrogens is 166 g/mol. The summed E-state index contributed by atoms with van der Waals surface area (Å²) in [5.41, 5.74) is 1.69. The Morgan fingerprint density at radius 3 is 3.15 bits per heavy atom. The molecule has 2 rings (SSSR count). The van der Waals surface area contributed by atoms with E-state index in [1.54, 1.807) is 24.4 Å². The van der Waals surface area contributed by atoms with Crippen molar-refractivity contribution in [3.05, 3.63) is 35.7 Å². The number of aromatic nitrogens is 1. The van der Waals surface area contributed by atoms with Gasteiger partial charge in [0.1, 0.15) is 17.4 Å². The first-order chi connectivity index (χ1) is 6.33. The summed E-state index contributed by atoms with van der Waals surface area (Å²) in [4.78, 5) is 14.5. The Morgan fingerprint density at radius 2 is 2.38 bits per heavy atom. The summed E-state index contributed by atoms with van der Waals surface area (Å²) in [6, 6.07) is 3.49. The van der Waals surface area contributed by atoms with Crippen LogP contribution in [0.5, 0.6) is 0 Å². The molecule has 0 aromatic carbocycles. The first-order valence-electron chi connectivity index (χ1n) is 3.92. The van der Waals surface area contributed by atoms with Crippen LogP contribution in [0.4, 0.5) is 0 Å². The predicted molar refractivity (Wildman–Crippen MR) is 48.6 cm³/mol. The van der Waals surface area contributed by atoms with Gasteiger partial charge in [0.15, 0.2) is 0 Å². The Kier molecular flexibility index (Phi) is 1.72. The molecule has 0 saturated carbocycles. The molecule has 0 amide bonds. The van der Waals surface area contributed by atoms with Crippen molar-refractivity contribution >= 4 is 17.3 Å². The lowest BCUT2D eigenvalue weighted by atomic mass is 9.96. The van der Waals surface area contributed by atoms with Crippen LogP contribution in [0, 0.1) is 0 Å². The van der Waals surface area contributed by atoms with Gasteiger partial charge in [0, 0.05) is 23.8 Å². The quantitative estimate of drug-likeness (QED) is 0.606. The molecule has 0 unspecified atom stereocenters. The third-order valence-electron chi connectivity index (χ3n) is 2.00. The highest BCUT2D eigenvalue weighted by atomic mass is 16.3. The maximum Gasteiger partial charge on any atom is 0.138 e. The van der Waals surface area contributed by atoms with E-state index in [1.165, 1.54) is 0 Å². The van der Waals surface area contributed by atoms with E-state index in [0.717, 1.165) is 0 Å². The van der Waals surface area contributed by atoms with Gasteiger partial charge in [-0.3, -0.25) is 4.98 Å². The molecule has 1 aromatic heterocycles.